The number of nitrogens with one attached hydrogen (secondary N) is 1. The largest absolute Gasteiger partial charge is 0.598 e. The Kier molecular flexibility index (Phi) is 7.79. The number of hydrogen-bond donors (Lipinski definition) is 1. The van der Waals surface area contributed by atoms with Crippen LogP contribution in [0.25, 0.3) is 0 Å². The molecule has 0 spiro atoms. The summed E-state index contributed by atoms with van der Waals surface area (Å²) in [4.78, 5) is 16.2. The van der Waals surface area contributed by atoms with E-state index in [2.05, 4.69) is 24.8 Å². The molecule has 0 amide bonds. The van der Waals surface area contributed by atoms with Crippen molar-refractivity contribution in [2.45, 2.75) is 57.1 Å². The lowest BCUT2D eigenvalue weighted by atomic mass is 10.1. The Bertz CT molecular complexity index is 913. The average molecular weight is 478 g/mol. The standard InChI is InChI=1S/C19H26F3N5O4S/c1-17(2,3)32(29)25-15(13-8-7-12(9-23-13)31-11-19(20,21)22)14-10-27(26-24-14)18(4,5)16(28)30-6/h7-10,15,25H,11H2,1-6H3/t15-,32?/m0/s1. The van der Waals surface area contributed by atoms with E-state index in [1.54, 1.807) is 34.6 Å². The number of halogens is 3. The molecule has 0 aliphatic heterocycles. The van der Waals surface area contributed by atoms with Crippen LogP contribution >= 0.6 is 0 Å². The fraction of sp³-hybridized carbons (Fsp3) is 0.579. The van der Waals surface area contributed by atoms with Gasteiger partial charge >= 0.3 is 12.1 Å². The van der Waals surface area contributed by atoms with Gasteiger partial charge < -0.3 is 14.0 Å². The van der Waals surface area contributed by atoms with Gasteiger partial charge in [0.15, 0.2) is 12.1 Å². The van der Waals surface area contributed by atoms with Gasteiger partial charge in [-0.1, -0.05) is 5.21 Å². The Morgan fingerprint density at radius 1 is 1.22 bits per heavy atom. The first-order valence-corrected chi connectivity index (χ1v) is 10.6. The van der Waals surface area contributed by atoms with Crippen molar-refractivity contribution in [3.05, 3.63) is 35.9 Å². The highest BCUT2D eigenvalue weighted by Crippen LogP contribution is 2.27. The van der Waals surface area contributed by atoms with Crippen molar-refractivity contribution in [2.75, 3.05) is 13.7 Å². The molecule has 0 bridgehead atoms. The van der Waals surface area contributed by atoms with Crippen molar-refractivity contribution >= 4 is 17.3 Å². The van der Waals surface area contributed by atoms with E-state index in [4.69, 9.17) is 4.74 Å². The zero-order chi connectivity index (χ0) is 24.3. The minimum atomic E-state index is -4.47. The third kappa shape index (κ3) is 6.56. The molecule has 9 nitrogen and oxygen atoms in total. The molecule has 0 saturated carbocycles. The molecule has 2 aromatic heterocycles. The maximum absolute atomic E-state index is 12.8. The first-order chi connectivity index (χ1) is 14.6. The van der Waals surface area contributed by atoms with E-state index in [1.165, 1.54) is 30.1 Å². The summed E-state index contributed by atoms with van der Waals surface area (Å²) in [5.41, 5.74) is -0.530. The van der Waals surface area contributed by atoms with E-state index in [0.717, 1.165) is 6.20 Å². The van der Waals surface area contributed by atoms with Crippen LogP contribution < -0.4 is 9.46 Å². The highest BCUT2D eigenvalue weighted by molar-refractivity contribution is 7.90. The van der Waals surface area contributed by atoms with Crippen molar-refractivity contribution in [3.63, 3.8) is 0 Å². The molecule has 0 aromatic carbocycles. The van der Waals surface area contributed by atoms with E-state index in [9.17, 15) is 22.5 Å². The van der Waals surface area contributed by atoms with Gasteiger partial charge in [0, 0.05) is 11.4 Å². The summed E-state index contributed by atoms with van der Waals surface area (Å²) in [6.45, 7) is 7.06. The number of methoxy groups -OCH3 is 1. The molecule has 2 aromatic rings. The summed E-state index contributed by atoms with van der Waals surface area (Å²) in [5.74, 6) is -0.613. The SMILES string of the molecule is COC(=O)C(C)(C)n1cc([C@@H](N[S+]([O-])C(C)(C)C)c2ccc(OCC(F)(F)F)cn2)nn1. The maximum atomic E-state index is 12.8. The second-order valence-electron chi connectivity index (χ2n) is 8.39. The summed E-state index contributed by atoms with van der Waals surface area (Å²) < 4.78 is 62.9. The maximum Gasteiger partial charge on any atom is 0.422 e. The smallest absolute Gasteiger partial charge is 0.422 e. The zero-order valence-electron chi connectivity index (χ0n) is 18.6. The van der Waals surface area contributed by atoms with Gasteiger partial charge in [-0.2, -0.15) is 13.2 Å². The Hall–Kier alpha value is -2.38. The Morgan fingerprint density at radius 3 is 2.38 bits per heavy atom. The van der Waals surface area contributed by atoms with Gasteiger partial charge in [0.1, 0.15) is 22.2 Å². The van der Waals surface area contributed by atoms with Gasteiger partial charge in [0.05, 0.1) is 25.2 Å². The third-order valence-electron chi connectivity index (χ3n) is 4.30. The fourth-order valence-electron chi connectivity index (χ4n) is 2.39. The Morgan fingerprint density at radius 2 is 1.88 bits per heavy atom. The molecule has 2 atom stereocenters. The number of ether oxygens (including phenoxy) is 2. The van der Waals surface area contributed by atoms with Crippen LogP contribution in [0.3, 0.4) is 0 Å². The molecule has 2 rings (SSSR count). The van der Waals surface area contributed by atoms with Crippen molar-refractivity contribution in [1.82, 2.24) is 24.7 Å². The quantitative estimate of drug-likeness (QED) is 0.456. The number of aromatic nitrogens is 4. The van der Waals surface area contributed by atoms with Crippen molar-refractivity contribution < 1.29 is 32.0 Å². The number of carbonyl (C=O) groups is 1. The van der Waals surface area contributed by atoms with Gasteiger partial charge in [-0.25, -0.2) is 9.48 Å². The van der Waals surface area contributed by atoms with Crippen LogP contribution in [0, 0.1) is 0 Å². The molecular weight excluding hydrogens is 451 g/mol. The Balaban J connectivity index is 2.37. The predicted octanol–water partition coefficient (Wildman–Crippen LogP) is 2.66. The zero-order valence-corrected chi connectivity index (χ0v) is 19.4. The molecule has 0 aliphatic rings. The van der Waals surface area contributed by atoms with E-state index >= 15 is 0 Å². The lowest BCUT2D eigenvalue weighted by Gasteiger charge is -2.27. The molecule has 1 unspecified atom stereocenters. The van der Waals surface area contributed by atoms with Crippen molar-refractivity contribution in [3.8, 4) is 5.75 Å². The molecule has 0 radical (unpaired) electrons. The highest BCUT2D eigenvalue weighted by atomic mass is 32.2. The van der Waals surface area contributed by atoms with Crippen LogP contribution in [0.4, 0.5) is 13.2 Å². The lowest BCUT2D eigenvalue weighted by Crippen LogP contribution is -2.42. The second-order valence-corrected chi connectivity index (χ2v) is 10.4. The molecule has 178 valence electrons. The van der Waals surface area contributed by atoms with E-state index < -0.39 is 46.4 Å². The first kappa shape index (κ1) is 25.9. The van der Waals surface area contributed by atoms with Crippen LogP contribution in [0.1, 0.15) is 52.0 Å². The van der Waals surface area contributed by atoms with Crippen LogP contribution in [0.5, 0.6) is 5.75 Å². The topological polar surface area (TPSA) is 114 Å². The molecule has 32 heavy (non-hydrogen) atoms. The predicted molar refractivity (Wildman–Crippen MR) is 110 cm³/mol. The van der Waals surface area contributed by atoms with Gasteiger partial charge in [-0.15, -0.1) is 9.82 Å². The van der Waals surface area contributed by atoms with Crippen LogP contribution in [-0.4, -0.2) is 55.1 Å². The number of alkyl halides is 3. The number of nitrogens with zero attached hydrogens (tertiary/aromatic N) is 4. The molecule has 1 N–H and O–H groups in total. The van der Waals surface area contributed by atoms with Crippen LogP contribution in [0.15, 0.2) is 24.5 Å². The number of esters is 1. The highest BCUT2D eigenvalue weighted by Gasteiger charge is 2.36. The average Bonchev–Trinajstić information content (AvgIpc) is 3.19. The first-order valence-electron chi connectivity index (χ1n) is 9.50. The summed E-state index contributed by atoms with van der Waals surface area (Å²) in [6.07, 6.45) is -1.85. The second kappa shape index (κ2) is 9.63. The van der Waals surface area contributed by atoms with Gasteiger partial charge in [-0.3, -0.25) is 4.98 Å². The minimum Gasteiger partial charge on any atom is -0.598 e. The van der Waals surface area contributed by atoms with E-state index in [0.29, 0.717) is 11.4 Å². The molecule has 13 heteroatoms. The number of pyridine rings is 1. The summed E-state index contributed by atoms with van der Waals surface area (Å²) >= 11 is -1.55. The molecular formula is C19H26F3N5O4S. The molecule has 0 fully saturated rings. The van der Waals surface area contributed by atoms with Crippen molar-refractivity contribution in [2.24, 2.45) is 0 Å². The molecule has 0 aliphatic carbocycles. The number of rotatable bonds is 8. The lowest BCUT2D eigenvalue weighted by molar-refractivity contribution is -0.153. The Labute approximate surface area is 187 Å². The normalized spacial score (nSPS) is 14.7. The molecule has 2 heterocycles. The van der Waals surface area contributed by atoms with Gasteiger partial charge in [0.25, 0.3) is 0 Å². The van der Waals surface area contributed by atoms with Crippen LogP contribution in [0.2, 0.25) is 0 Å². The van der Waals surface area contributed by atoms with Gasteiger partial charge in [0.2, 0.25) is 0 Å². The van der Waals surface area contributed by atoms with Crippen molar-refractivity contribution in [1.29, 1.82) is 0 Å². The summed E-state index contributed by atoms with van der Waals surface area (Å²) in [5, 5.41) is 8.09. The summed E-state index contributed by atoms with van der Waals surface area (Å²) in [6, 6.07) is 1.94. The molecule has 0 saturated heterocycles. The minimum absolute atomic E-state index is 0.0720. The van der Waals surface area contributed by atoms with Gasteiger partial charge in [-0.05, 0) is 46.8 Å². The monoisotopic (exact) mass is 477 g/mol. The number of carbonyl (C=O) groups excluding carboxylic acids is 1. The third-order valence-corrected chi connectivity index (χ3v) is 5.87. The van der Waals surface area contributed by atoms with E-state index in [-0.39, 0.29) is 5.75 Å². The number of hydrogen-bond acceptors (Lipinski definition) is 8. The van der Waals surface area contributed by atoms with Crippen LogP contribution in [-0.2, 0) is 26.4 Å². The summed E-state index contributed by atoms with van der Waals surface area (Å²) in [7, 11) is 1.26. The fourth-order valence-corrected chi connectivity index (χ4v) is 3.20. The van der Waals surface area contributed by atoms with E-state index in [1.807, 2.05) is 0 Å².